The summed E-state index contributed by atoms with van der Waals surface area (Å²) in [7, 11) is -1.87. The van der Waals surface area contributed by atoms with Crippen LogP contribution < -0.4 is 0 Å². The van der Waals surface area contributed by atoms with Crippen molar-refractivity contribution < 1.29 is 30.9 Å². The van der Waals surface area contributed by atoms with Crippen LogP contribution in [0.2, 0.25) is 0 Å². The number of alkyl halides is 3. The molecule has 10 heteroatoms. The van der Waals surface area contributed by atoms with Gasteiger partial charge in [0.1, 0.15) is 0 Å². The minimum atomic E-state index is -5.84. The van der Waals surface area contributed by atoms with E-state index in [0.29, 0.717) is 12.1 Å². The van der Waals surface area contributed by atoms with E-state index < -0.39 is 15.6 Å². The van der Waals surface area contributed by atoms with Crippen molar-refractivity contribution in [2.24, 2.45) is 0 Å². The Morgan fingerprint density at radius 2 is 1.84 bits per heavy atom. The molecule has 0 heterocycles. The summed E-state index contributed by atoms with van der Waals surface area (Å²) < 4.78 is 57.5. The van der Waals surface area contributed by atoms with Crippen molar-refractivity contribution in [1.82, 2.24) is 4.90 Å². The lowest BCUT2D eigenvalue weighted by atomic mass is 10.1. The summed E-state index contributed by atoms with van der Waals surface area (Å²) in [6.45, 7) is 0. The SMILES string of the molecule is CN(C)C1=CCC(=[N+]=[N-])C=C1.O=S(=O)(O)C(F)(F)F. The summed E-state index contributed by atoms with van der Waals surface area (Å²) in [4.78, 5) is 5.13. The van der Waals surface area contributed by atoms with Gasteiger partial charge in [0.15, 0.2) is 0 Å². The quantitative estimate of drug-likeness (QED) is 0.343. The molecule has 1 rings (SSSR count). The molecule has 0 aromatic heterocycles. The molecule has 108 valence electrons. The van der Waals surface area contributed by atoms with Gasteiger partial charge in [-0.3, -0.25) is 4.55 Å². The van der Waals surface area contributed by atoms with E-state index in [1.54, 1.807) is 0 Å². The van der Waals surface area contributed by atoms with E-state index in [1.165, 1.54) is 0 Å². The predicted octanol–water partition coefficient (Wildman–Crippen LogP) is 1.46. The van der Waals surface area contributed by atoms with E-state index in [-0.39, 0.29) is 0 Å². The van der Waals surface area contributed by atoms with Crippen LogP contribution in [0.15, 0.2) is 23.9 Å². The monoisotopic (exact) mass is 299 g/mol. The minimum Gasteiger partial charge on any atom is -0.378 e. The fraction of sp³-hybridized carbons (Fsp3) is 0.444. The Labute approximate surface area is 108 Å². The molecule has 6 nitrogen and oxygen atoms in total. The largest absolute Gasteiger partial charge is 0.522 e. The summed E-state index contributed by atoms with van der Waals surface area (Å²) >= 11 is 0. The number of hydrogen-bond donors (Lipinski definition) is 1. The van der Waals surface area contributed by atoms with Gasteiger partial charge in [0.2, 0.25) is 0 Å². The molecule has 0 saturated heterocycles. The van der Waals surface area contributed by atoms with Gasteiger partial charge in [-0.05, 0) is 12.2 Å². The number of nitrogens with zero attached hydrogens (tertiary/aromatic N) is 3. The minimum absolute atomic E-state index is 0.704. The number of allylic oxidation sites excluding steroid dienone is 3. The summed E-state index contributed by atoms with van der Waals surface area (Å²) in [5.74, 6) is 0. The zero-order valence-electron chi connectivity index (χ0n) is 10.1. The average Bonchev–Trinajstić information content (AvgIpc) is 2.27. The third kappa shape index (κ3) is 6.18. The van der Waals surface area contributed by atoms with Gasteiger partial charge in [0.05, 0.1) is 6.42 Å². The topological polar surface area (TPSA) is 94.0 Å². The Kier molecular flexibility index (Phi) is 5.94. The molecule has 0 radical (unpaired) electrons. The lowest BCUT2D eigenvalue weighted by Crippen LogP contribution is -2.21. The highest BCUT2D eigenvalue weighted by Gasteiger charge is 2.44. The summed E-state index contributed by atoms with van der Waals surface area (Å²) in [6.07, 6.45) is 6.48. The Morgan fingerprint density at radius 3 is 2.05 bits per heavy atom. The van der Waals surface area contributed by atoms with Gasteiger partial charge in [-0.1, -0.05) is 0 Å². The smallest absolute Gasteiger partial charge is 0.378 e. The van der Waals surface area contributed by atoms with Gasteiger partial charge >= 0.3 is 15.6 Å². The van der Waals surface area contributed by atoms with E-state index in [0.717, 1.165) is 5.70 Å². The molecule has 19 heavy (non-hydrogen) atoms. The Morgan fingerprint density at radius 1 is 1.37 bits per heavy atom. The second-order valence-corrected chi connectivity index (χ2v) is 4.99. The third-order valence-corrected chi connectivity index (χ3v) is 2.49. The number of halogens is 3. The molecule has 0 atom stereocenters. The van der Waals surface area contributed by atoms with Gasteiger partial charge < -0.3 is 10.4 Å². The van der Waals surface area contributed by atoms with Crippen LogP contribution >= 0.6 is 0 Å². The van der Waals surface area contributed by atoms with Gasteiger partial charge in [-0.2, -0.15) is 26.4 Å². The van der Waals surface area contributed by atoms with E-state index in [4.69, 9.17) is 18.5 Å². The van der Waals surface area contributed by atoms with E-state index in [1.807, 2.05) is 37.2 Å². The maximum absolute atomic E-state index is 10.7. The fourth-order valence-corrected chi connectivity index (χ4v) is 0.933. The Balaban J connectivity index is 0.000000362. The van der Waals surface area contributed by atoms with Crippen molar-refractivity contribution in [1.29, 1.82) is 0 Å². The average molecular weight is 299 g/mol. The van der Waals surface area contributed by atoms with Gasteiger partial charge in [-0.15, -0.1) is 0 Å². The van der Waals surface area contributed by atoms with Crippen LogP contribution in [0, 0.1) is 0 Å². The van der Waals surface area contributed by atoms with Crippen molar-refractivity contribution in [3.8, 4) is 0 Å². The molecule has 0 unspecified atom stereocenters. The number of hydrogen-bond acceptors (Lipinski definition) is 3. The zero-order valence-corrected chi connectivity index (χ0v) is 10.9. The van der Waals surface area contributed by atoms with Gasteiger partial charge in [0, 0.05) is 25.9 Å². The highest BCUT2D eigenvalue weighted by atomic mass is 32.2. The lowest BCUT2D eigenvalue weighted by Gasteiger charge is -2.14. The van der Waals surface area contributed by atoms with Crippen LogP contribution in [0.3, 0.4) is 0 Å². The highest BCUT2D eigenvalue weighted by molar-refractivity contribution is 7.86. The molecule has 1 aliphatic rings. The van der Waals surface area contributed by atoms with Crippen LogP contribution in [0.4, 0.5) is 13.2 Å². The van der Waals surface area contributed by atoms with Crippen molar-refractivity contribution in [3.05, 3.63) is 29.5 Å². The van der Waals surface area contributed by atoms with Crippen molar-refractivity contribution >= 4 is 15.8 Å². The Bertz CT molecular complexity index is 529. The van der Waals surface area contributed by atoms with Crippen LogP contribution in [-0.4, -0.2) is 48.0 Å². The number of rotatable bonds is 1. The number of likely N-dealkylation sites (N-methyl/N-ethyl adjacent to an activating group) is 1. The molecule has 0 aromatic carbocycles. The van der Waals surface area contributed by atoms with Crippen LogP contribution in [0.25, 0.3) is 5.53 Å². The zero-order chi connectivity index (χ0) is 15.3. The molecule has 0 saturated carbocycles. The summed E-state index contributed by atoms with van der Waals surface area (Å²) in [5, 5.41) is 0. The Hall–Kier alpha value is -1.64. The molecule has 0 amide bonds. The maximum Gasteiger partial charge on any atom is 0.522 e. The molecule has 0 fully saturated rings. The molecule has 0 aromatic rings. The first-order valence-electron chi connectivity index (χ1n) is 4.79. The molecular weight excluding hydrogens is 287 g/mol. The first-order valence-corrected chi connectivity index (χ1v) is 6.23. The molecular formula is C9H12F3N3O3S. The fourth-order valence-electron chi connectivity index (χ4n) is 0.933. The summed E-state index contributed by atoms with van der Waals surface area (Å²) in [5.41, 5.74) is 4.73. The van der Waals surface area contributed by atoms with E-state index >= 15 is 0 Å². The first kappa shape index (κ1) is 17.4. The highest BCUT2D eigenvalue weighted by Crippen LogP contribution is 2.20. The molecule has 1 N–H and O–H groups in total. The molecule has 0 bridgehead atoms. The van der Waals surface area contributed by atoms with Crippen LogP contribution in [0.1, 0.15) is 6.42 Å². The summed E-state index contributed by atoms with van der Waals surface area (Å²) in [6, 6.07) is 0. The lowest BCUT2D eigenvalue weighted by molar-refractivity contribution is -0.0510. The molecule has 1 aliphatic carbocycles. The van der Waals surface area contributed by atoms with Crippen LogP contribution in [-0.2, 0) is 10.1 Å². The van der Waals surface area contributed by atoms with Crippen molar-refractivity contribution in [2.45, 2.75) is 11.9 Å². The maximum atomic E-state index is 10.7. The normalized spacial score (nSPS) is 15.1. The van der Waals surface area contributed by atoms with Gasteiger partial charge in [0.25, 0.3) is 5.71 Å². The third-order valence-electron chi connectivity index (χ3n) is 1.90. The van der Waals surface area contributed by atoms with Crippen molar-refractivity contribution in [2.75, 3.05) is 14.1 Å². The standard InChI is InChI=1S/C8H11N3.CHF3O3S/c1-11(2)8-5-3-7(10-9)4-6-8;2-1(3,4)8(5,6)7/h3,5-6H,4H2,1-2H3;(H,5,6,7). The second-order valence-electron chi connectivity index (χ2n) is 3.57. The van der Waals surface area contributed by atoms with Gasteiger partial charge in [-0.25, -0.2) is 0 Å². The van der Waals surface area contributed by atoms with Crippen molar-refractivity contribution in [3.63, 3.8) is 0 Å². The van der Waals surface area contributed by atoms with E-state index in [9.17, 15) is 13.2 Å². The molecule has 0 spiro atoms. The molecule has 0 aliphatic heterocycles. The predicted molar refractivity (Wildman–Crippen MR) is 61.8 cm³/mol. The van der Waals surface area contributed by atoms with E-state index in [2.05, 4.69) is 4.79 Å². The second kappa shape index (κ2) is 6.50. The van der Waals surface area contributed by atoms with Crippen LogP contribution in [0.5, 0.6) is 0 Å². The first-order chi connectivity index (χ1) is 8.49.